The van der Waals surface area contributed by atoms with Crippen molar-refractivity contribution in [2.75, 3.05) is 7.11 Å². The van der Waals surface area contributed by atoms with Crippen molar-refractivity contribution in [3.63, 3.8) is 0 Å². The van der Waals surface area contributed by atoms with Crippen LogP contribution in [0, 0.1) is 11.3 Å². The van der Waals surface area contributed by atoms with Crippen LogP contribution < -0.4 is 5.32 Å². The fraction of sp³-hybridized carbons (Fsp3) is 0.318. The van der Waals surface area contributed by atoms with Crippen molar-refractivity contribution in [3.05, 3.63) is 70.8 Å². The fourth-order valence-corrected chi connectivity index (χ4v) is 2.73. The lowest BCUT2D eigenvalue weighted by Gasteiger charge is -2.20. The van der Waals surface area contributed by atoms with Gasteiger partial charge in [-0.05, 0) is 34.7 Å². The molecule has 0 spiro atoms. The number of nitrogens with one attached hydrogen (secondary N) is 1. The molecule has 0 heterocycles. The highest BCUT2D eigenvalue weighted by atomic mass is 16.5. The van der Waals surface area contributed by atoms with E-state index in [0.29, 0.717) is 16.7 Å². The van der Waals surface area contributed by atoms with Crippen LogP contribution in [-0.2, 0) is 21.4 Å². The third-order valence-electron chi connectivity index (χ3n) is 4.37. The van der Waals surface area contributed by atoms with Gasteiger partial charge in [-0.2, -0.15) is 5.26 Å². The number of hydrogen-bond acceptors (Lipinski definition) is 4. The Labute approximate surface area is 160 Å². The van der Waals surface area contributed by atoms with Crippen LogP contribution in [0.3, 0.4) is 0 Å². The number of esters is 1. The summed E-state index contributed by atoms with van der Waals surface area (Å²) in [6.45, 7) is 6.30. The Balaban J connectivity index is 2.19. The molecule has 0 unspecified atom stereocenters. The van der Waals surface area contributed by atoms with E-state index >= 15 is 0 Å². The van der Waals surface area contributed by atoms with Crippen LogP contribution in [0.25, 0.3) is 0 Å². The van der Waals surface area contributed by atoms with Crippen LogP contribution in [0.5, 0.6) is 0 Å². The predicted molar refractivity (Wildman–Crippen MR) is 103 cm³/mol. The van der Waals surface area contributed by atoms with Crippen molar-refractivity contribution in [1.82, 2.24) is 5.32 Å². The maximum Gasteiger partial charge on any atom is 0.328 e. The van der Waals surface area contributed by atoms with Crippen molar-refractivity contribution in [2.24, 2.45) is 0 Å². The number of nitrogens with zero attached hydrogens (tertiary/aromatic N) is 1. The molecule has 0 saturated heterocycles. The Morgan fingerprint density at radius 2 is 1.74 bits per heavy atom. The number of methoxy groups -OCH3 is 1. The molecule has 5 heteroatoms. The molecular formula is C22H24N2O3. The smallest absolute Gasteiger partial charge is 0.328 e. The second kappa shape index (κ2) is 8.50. The maximum atomic E-state index is 12.6. The summed E-state index contributed by atoms with van der Waals surface area (Å²) >= 11 is 0. The Kier molecular flexibility index (Phi) is 6.36. The zero-order valence-electron chi connectivity index (χ0n) is 16.1. The molecule has 2 aromatic rings. The number of benzene rings is 2. The highest BCUT2D eigenvalue weighted by Gasteiger charge is 2.24. The van der Waals surface area contributed by atoms with Crippen molar-refractivity contribution in [3.8, 4) is 6.07 Å². The van der Waals surface area contributed by atoms with Gasteiger partial charge in [-0.15, -0.1) is 0 Å². The van der Waals surface area contributed by atoms with Gasteiger partial charge in [0.25, 0.3) is 5.91 Å². The second-order valence-electron chi connectivity index (χ2n) is 7.35. The molecule has 0 saturated carbocycles. The molecule has 2 aromatic carbocycles. The van der Waals surface area contributed by atoms with Gasteiger partial charge < -0.3 is 10.1 Å². The molecule has 0 fully saturated rings. The quantitative estimate of drug-likeness (QED) is 0.825. The van der Waals surface area contributed by atoms with E-state index in [2.05, 4.69) is 32.2 Å². The number of carbonyl (C=O) groups excluding carboxylic acids is 2. The minimum absolute atomic E-state index is 0.00936. The largest absolute Gasteiger partial charge is 0.467 e. The van der Waals surface area contributed by atoms with Gasteiger partial charge in [0.05, 0.1) is 18.7 Å². The molecule has 5 nitrogen and oxygen atoms in total. The first-order valence-electron chi connectivity index (χ1n) is 8.73. The van der Waals surface area contributed by atoms with Crippen LogP contribution in [0.15, 0.2) is 48.5 Å². The third kappa shape index (κ3) is 5.18. The molecule has 0 aliphatic carbocycles. The predicted octanol–water partition coefficient (Wildman–Crippen LogP) is 3.37. The van der Waals surface area contributed by atoms with Gasteiger partial charge in [-0.1, -0.05) is 51.1 Å². The van der Waals surface area contributed by atoms with Crippen molar-refractivity contribution in [1.29, 1.82) is 5.26 Å². The summed E-state index contributed by atoms with van der Waals surface area (Å²) in [5, 5.41) is 11.9. The first-order chi connectivity index (χ1) is 12.8. The van der Waals surface area contributed by atoms with E-state index in [1.165, 1.54) is 7.11 Å². The fourth-order valence-electron chi connectivity index (χ4n) is 2.73. The van der Waals surface area contributed by atoms with Crippen LogP contribution in [0.1, 0.15) is 47.8 Å². The number of nitriles is 1. The zero-order chi connectivity index (χ0) is 20.0. The standard InChI is InChI=1S/C22H24N2O3/c1-22(2,3)18-11-9-15(10-12-18)20(25)24-19(21(26)27-4)13-16-7-5-6-8-17(16)14-23/h5-12,19H,13H2,1-4H3,(H,24,25)/t19-/m1/s1. The van der Waals surface area contributed by atoms with Gasteiger partial charge in [-0.3, -0.25) is 4.79 Å². The molecule has 0 aliphatic heterocycles. The van der Waals surface area contributed by atoms with Crippen LogP contribution in [0.4, 0.5) is 0 Å². The summed E-state index contributed by atoms with van der Waals surface area (Å²) in [6.07, 6.45) is 0.183. The number of ether oxygens (including phenoxy) is 1. The lowest BCUT2D eigenvalue weighted by Crippen LogP contribution is -2.43. The van der Waals surface area contributed by atoms with Gasteiger partial charge in [0.15, 0.2) is 0 Å². The monoisotopic (exact) mass is 364 g/mol. The number of carbonyl (C=O) groups is 2. The van der Waals surface area contributed by atoms with Gasteiger partial charge in [0.2, 0.25) is 0 Å². The summed E-state index contributed by atoms with van der Waals surface area (Å²) in [6, 6.07) is 15.5. The first-order valence-corrected chi connectivity index (χ1v) is 8.73. The number of hydrogen-bond donors (Lipinski definition) is 1. The second-order valence-corrected chi connectivity index (χ2v) is 7.35. The number of rotatable bonds is 5. The average molecular weight is 364 g/mol. The molecule has 140 valence electrons. The molecule has 0 radical (unpaired) electrons. The molecule has 27 heavy (non-hydrogen) atoms. The molecule has 1 atom stereocenters. The van der Waals surface area contributed by atoms with Crippen LogP contribution in [0.2, 0.25) is 0 Å². The molecule has 0 aromatic heterocycles. The van der Waals surface area contributed by atoms with E-state index in [-0.39, 0.29) is 17.7 Å². The Morgan fingerprint density at radius 3 is 2.30 bits per heavy atom. The highest BCUT2D eigenvalue weighted by molar-refractivity contribution is 5.96. The number of amides is 1. The molecule has 0 bridgehead atoms. The topological polar surface area (TPSA) is 79.2 Å². The van der Waals surface area contributed by atoms with Crippen molar-refractivity contribution < 1.29 is 14.3 Å². The molecule has 1 amide bonds. The van der Waals surface area contributed by atoms with E-state index in [1.54, 1.807) is 36.4 Å². The molecule has 2 rings (SSSR count). The first kappa shape index (κ1) is 20.2. The van der Waals surface area contributed by atoms with E-state index in [1.807, 2.05) is 12.1 Å². The van der Waals surface area contributed by atoms with Crippen LogP contribution in [-0.4, -0.2) is 25.0 Å². The van der Waals surface area contributed by atoms with E-state index in [4.69, 9.17) is 4.74 Å². The Hall–Kier alpha value is -3.13. The summed E-state index contributed by atoms with van der Waals surface area (Å²) < 4.78 is 4.82. The third-order valence-corrected chi connectivity index (χ3v) is 4.37. The molecular weight excluding hydrogens is 340 g/mol. The summed E-state index contributed by atoms with van der Waals surface area (Å²) in [5.74, 6) is -0.914. The lowest BCUT2D eigenvalue weighted by atomic mass is 9.86. The van der Waals surface area contributed by atoms with Gasteiger partial charge in [0.1, 0.15) is 6.04 Å². The maximum absolute atomic E-state index is 12.6. The van der Waals surface area contributed by atoms with Crippen LogP contribution >= 0.6 is 0 Å². The van der Waals surface area contributed by atoms with Gasteiger partial charge in [0, 0.05) is 12.0 Å². The minimum atomic E-state index is -0.876. The van der Waals surface area contributed by atoms with E-state index in [0.717, 1.165) is 5.56 Å². The minimum Gasteiger partial charge on any atom is -0.467 e. The SMILES string of the molecule is COC(=O)[C@@H](Cc1ccccc1C#N)NC(=O)c1ccc(C(C)(C)C)cc1. The summed E-state index contributed by atoms with van der Waals surface area (Å²) in [7, 11) is 1.27. The van der Waals surface area contributed by atoms with Gasteiger partial charge >= 0.3 is 5.97 Å². The van der Waals surface area contributed by atoms with E-state index in [9.17, 15) is 14.9 Å². The summed E-state index contributed by atoms with van der Waals surface area (Å²) in [5.41, 5.74) is 2.72. The van der Waals surface area contributed by atoms with E-state index < -0.39 is 12.0 Å². The normalized spacial score (nSPS) is 12.0. The molecule has 1 N–H and O–H groups in total. The Bertz CT molecular complexity index is 858. The van der Waals surface area contributed by atoms with Crippen molar-refractivity contribution >= 4 is 11.9 Å². The van der Waals surface area contributed by atoms with Gasteiger partial charge in [-0.25, -0.2) is 4.79 Å². The van der Waals surface area contributed by atoms with Crippen molar-refractivity contribution in [2.45, 2.75) is 38.6 Å². The highest BCUT2D eigenvalue weighted by Crippen LogP contribution is 2.22. The zero-order valence-corrected chi connectivity index (χ0v) is 16.1. The average Bonchev–Trinajstić information content (AvgIpc) is 2.66. The lowest BCUT2D eigenvalue weighted by molar-refractivity contribution is -0.142. The molecule has 0 aliphatic rings. The Morgan fingerprint density at radius 1 is 1.11 bits per heavy atom. The summed E-state index contributed by atoms with van der Waals surface area (Å²) in [4.78, 5) is 24.7.